The van der Waals surface area contributed by atoms with Gasteiger partial charge in [0, 0.05) is 12.4 Å². The molecule has 2 aromatic carbocycles. The number of hydrogen-bond donors (Lipinski definition) is 0. The van der Waals surface area contributed by atoms with Gasteiger partial charge in [-0.15, -0.1) is 0 Å². The largest absolute Gasteiger partial charge is 0.293 e. The predicted molar refractivity (Wildman–Crippen MR) is 93.3 cm³/mol. The molecule has 3 rings (SSSR count). The van der Waals surface area contributed by atoms with Crippen LogP contribution in [0, 0.1) is 0 Å². The summed E-state index contributed by atoms with van der Waals surface area (Å²) in [5.74, 6) is 0.569. The van der Waals surface area contributed by atoms with Gasteiger partial charge in [0.25, 0.3) is 0 Å². The summed E-state index contributed by atoms with van der Waals surface area (Å²) in [5, 5.41) is 0. The lowest BCUT2D eigenvalue weighted by Gasteiger charge is -2.12. The second-order valence-corrected chi connectivity index (χ2v) is 4.80. The minimum Gasteiger partial charge on any atom is -0.293 e. The highest BCUT2D eigenvalue weighted by atomic mass is 15.2. The number of nitrogens with zero attached hydrogens (tertiary/aromatic N) is 4. The maximum atomic E-state index is 4.20. The quantitative estimate of drug-likeness (QED) is 0.713. The third kappa shape index (κ3) is 4.35. The van der Waals surface area contributed by atoms with Crippen LogP contribution in [0.3, 0.4) is 0 Å². The smallest absolute Gasteiger partial charge is 0.236 e. The van der Waals surface area contributed by atoms with Crippen LogP contribution in [0.25, 0.3) is 12.2 Å². The van der Waals surface area contributed by atoms with Gasteiger partial charge in [-0.05, 0) is 23.3 Å². The van der Waals surface area contributed by atoms with Crippen LogP contribution in [0.2, 0.25) is 0 Å². The molecular weight excluding hydrogens is 284 g/mol. The normalized spacial score (nSPS) is 11.1. The van der Waals surface area contributed by atoms with Gasteiger partial charge in [0.1, 0.15) is 12.7 Å². The minimum absolute atomic E-state index is 0.569. The summed E-state index contributed by atoms with van der Waals surface area (Å²) >= 11 is 0. The van der Waals surface area contributed by atoms with Crippen molar-refractivity contribution in [3.8, 4) is 0 Å². The number of hydrogen-bond acceptors (Lipinski definition) is 4. The van der Waals surface area contributed by atoms with Gasteiger partial charge in [0.05, 0.1) is 0 Å². The SMILES string of the molecule is C(=CN(C=Cc1ccccc1)c1ncncn1)c1ccccc1. The first-order chi connectivity index (χ1) is 11.4. The van der Waals surface area contributed by atoms with Crippen molar-refractivity contribution in [2.45, 2.75) is 0 Å². The van der Waals surface area contributed by atoms with Crippen LogP contribution < -0.4 is 4.90 Å². The van der Waals surface area contributed by atoms with Crippen molar-refractivity contribution in [1.29, 1.82) is 0 Å². The average Bonchev–Trinajstić information content (AvgIpc) is 2.64. The van der Waals surface area contributed by atoms with E-state index in [-0.39, 0.29) is 0 Å². The van der Waals surface area contributed by atoms with E-state index in [0.717, 1.165) is 11.1 Å². The molecule has 1 aromatic heterocycles. The van der Waals surface area contributed by atoms with Crippen molar-refractivity contribution >= 4 is 18.1 Å². The van der Waals surface area contributed by atoms with E-state index < -0.39 is 0 Å². The molecule has 3 aromatic rings. The standard InChI is InChI=1S/C19H16N4/c1-3-7-17(8-4-1)11-13-23(19-21-15-20-16-22-19)14-12-18-9-5-2-6-10-18/h1-16H. The molecule has 0 unspecified atom stereocenters. The molecular formula is C19H16N4. The fraction of sp³-hybridized carbons (Fsp3) is 0. The lowest BCUT2D eigenvalue weighted by molar-refractivity contribution is 1.00. The first-order valence-electron chi connectivity index (χ1n) is 7.29. The van der Waals surface area contributed by atoms with Crippen molar-refractivity contribution in [3.63, 3.8) is 0 Å². The summed E-state index contributed by atoms with van der Waals surface area (Å²) in [5.41, 5.74) is 2.22. The van der Waals surface area contributed by atoms with Crippen LogP contribution >= 0.6 is 0 Å². The lowest BCUT2D eigenvalue weighted by atomic mass is 10.2. The molecule has 0 bridgehead atoms. The van der Waals surface area contributed by atoms with Crippen LogP contribution in [-0.2, 0) is 0 Å². The average molecular weight is 300 g/mol. The van der Waals surface area contributed by atoms with Crippen molar-refractivity contribution in [2.24, 2.45) is 0 Å². The molecule has 0 saturated heterocycles. The van der Waals surface area contributed by atoms with Crippen molar-refractivity contribution < 1.29 is 0 Å². The molecule has 0 aliphatic heterocycles. The van der Waals surface area contributed by atoms with Crippen LogP contribution in [0.4, 0.5) is 5.95 Å². The molecule has 23 heavy (non-hydrogen) atoms. The number of benzene rings is 2. The van der Waals surface area contributed by atoms with E-state index in [9.17, 15) is 0 Å². The molecule has 0 saturated carbocycles. The highest BCUT2D eigenvalue weighted by Crippen LogP contribution is 2.11. The zero-order chi connectivity index (χ0) is 15.7. The van der Waals surface area contributed by atoms with E-state index in [1.807, 2.05) is 90.1 Å². The summed E-state index contributed by atoms with van der Waals surface area (Å²) in [6, 6.07) is 20.2. The number of aromatic nitrogens is 3. The van der Waals surface area contributed by atoms with Gasteiger partial charge in [-0.25, -0.2) is 15.0 Å². The maximum Gasteiger partial charge on any atom is 0.236 e. The molecule has 0 N–H and O–H groups in total. The van der Waals surface area contributed by atoms with E-state index >= 15 is 0 Å². The predicted octanol–water partition coefficient (Wildman–Crippen LogP) is 4.02. The zero-order valence-electron chi connectivity index (χ0n) is 12.5. The lowest BCUT2D eigenvalue weighted by Crippen LogP contribution is -2.10. The number of anilines is 1. The summed E-state index contributed by atoms with van der Waals surface area (Å²) in [7, 11) is 0. The summed E-state index contributed by atoms with van der Waals surface area (Å²) < 4.78 is 0. The first-order valence-corrected chi connectivity index (χ1v) is 7.29. The Hall–Kier alpha value is -3.27. The molecule has 0 aliphatic rings. The van der Waals surface area contributed by atoms with Crippen LogP contribution in [0.15, 0.2) is 85.7 Å². The van der Waals surface area contributed by atoms with Crippen LogP contribution in [0.5, 0.6) is 0 Å². The molecule has 0 atom stereocenters. The highest BCUT2D eigenvalue weighted by Gasteiger charge is 2.01. The van der Waals surface area contributed by atoms with Crippen molar-refractivity contribution in [2.75, 3.05) is 4.90 Å². The molecule has 0 fully saturated rings. The van der Waals surface area contributed by atoms with Crippen LogP contribution in [-0.4, -0.2) is 15.0 Å². The van der Waals surface area contributed by atoms with Crippen LogP contribution in [0.1, 0.15) is 11.1 Å². The van der Waals surface area contributed by atoms with Gasteiger partial charge in [-0.2, -0.15) is 0 Å². The maximum absolute atomic E-state index is 4.20. The first kappa shape index (κ1) is 14.7. The Balaban J connectivity index is 1.85. The Morgan fingerprint density at radius 2 is 1.13 bits per heavy atom. The van der Waals surface area contributed by atoms with E-state index in [1.54, 1.807) is 0 Å². The topological polar surface area (TPSA) is 41.9 Å². The summed E-state index contributed by atoms with van der Waals surface area (Å²) in [4.78, 5) is 14.1. The van der Waals surface area contributed by atoms with E-state index in [4.69, 9.17) is 0 Å². The summed E-state index contributed by atoms with van der Waals surface area (Å²) in [6.07, 6.45) is 10.9. The highest BCUT2D eigenvalue weighted by molar-refractivity contribution is 5.59. The molecule has 0 amide bonds. The van der Waals surface area contributed by atoms with E-state index in [0.29, 0.717) is 5.95 Å². The van der Waals surface area contributed by atoms with E-state index in [2.05, 4.69) is 15.0 Å². The van der Waals surface area contributed by atoms with Gasteiger partial charge in [0.2, 0.25) is 5.95 Å². The van der Waals surface area contributed by atoms with Gasteiger partial charge in [-0.1, -0.05) is 60.7 Å². The van der Waals surface area contributed by atoms with Crippen molar-refractivity contribution in [3.05, 3.63) is 96.8 Å². The third-order valence-corrected chi connectivity index (χ3v) is 3.17. The zero-order valence-corrected chi connectivity index (χ0v) is 12.5. The van der Waals surface area contributed by atoms with Crippen molar-refractivity contribution in [1.82, 2.24) is 15.0 Å². The second kappa shape index (κ2) is 7.66. The third-order valence-electron chi connectivity index (χ3n) is 3.17. The van der Waals surface area contributed by atoms with Gasteiger partial charge in [0.15, 0.2) is 0 Å². The fourth-order valence-electron chi connectivity index (χ4n) is 2.01. The molecule has 112 valence electrons. The molecule has 1 heterocycles. The van der Waals surface area contributed by atoms with Gasteiger partial charge < -0.3 is 0 Å². The number of rotatable bonds is 5. The van der Waals surface area contributed by atoms with Gasteiger partial charge in [-0.3, -0.25) is 4.90 Å². The molecule has 0 radical (unpaired) electrons. The molecule has 0 spiro atoms. The molecule has 4 heteroatoms. The summed E-state index contributed by atoms with van der Waals surface area (Å²) in [6.45, 7) is 0. The second-order valence-electron chi connectivity index (χ2n) is 4.80. The van der Waals surface area contributed by atoms with E-state index in [1.165, 1.54) is 12.7 Å². The Labute approximate surface area is 135 Å². The van der Waals surface area contributed by atoms with Gasteiger partial charge >= 0.3 is 0 Å². The minimum atomic E-state index is 0.569. The molecule has 4 nitrogen and oxygen atoms in total. The monoisotopic (exact) mass is 300 g/mol. The molecule has 0 aliphatic carbocycles. The Morgan fingerprint density at radius 1 is 0.652 bits per heavy atom. The Bertz CT molecular complexity index is 719. The Morgan fingerprint density at radius 3 is 1.61 bits per heavy atom. The Kier molecular flexibility index (Phi) is 4.88. The fourth-order valence-corrected chi connectivity index (χ4v) is 2.01.